The Morgan fingerprint density at radius 1 is 0.267 bits per heavy atom. The molecule has 0 N–H and O–H groups in total. The lowest BCUT2D eigenvalue weighted by Crippen LogP contribution is -2.03. The molecule has 282 valence electrons. The van der Waals surface area contributed by atoms with Crippen molar-refractivity contribution >= 4 is 67.4 Å². The lowest BCUT2D eigenvalue weighted by atomic mass is 9.85. The molecule has 0 saturated carbocycles. The molecule has 18 heteroatoms. The van der Waals surface area contributed by atoms with Gasteiger partial charge in [0.25, 0.3) is 0 Å². The largest absolute Gasteiger partial charge is 0.434 e. The molecular formula is C42H18N12O6. The van der Waals surface area contributed by atoms with Gasteiger partial charge in [0.1, 0.15) is 27.6 Å². The topological polar surface area (TPSA) is 234 Å². The molecule has 0 saturated heterocycles. The van der Waals surface area contributed by atoms with Gasteiger partial charge in [-0.1, -0.05) is 0 Å². The Bertz CT molecular complexity index is 2980. The molecule has 12 heterocycles. The van der Waals surface area contributed by atoms with Gasteiger partial charge in [0.15, 0.2) is 11.2 Å². The van der Waals surface area contributed by atoms with E-state index >= 15 is 0 Å². The summed E-state index contributed by atoms with van der Waals surface area (Å²) in [6.07, 6.45) is 9.65. The molecule has 18 nitrogen and oxygen atoms in total. The van der Waals surface area contributed by atoms with Crippen LogP contribution in [0.25, 0.3) is 136 Å². The summed E-state index contributed by atoms with van der Waals surface area (Å²) < 4.78 is 39.4. The van der Waals surface area contributed by atoms with E-state index in [1.54, 1.807) is 110 Å². The van der Waals surface area contributed by atoms with Gasteiger partial charge in [-0.15, -0.1) is 0 Å². The van der Waals surface area contributed by atoms with Gasteiger partial charge in [-0.05, 0) is 72.8 Å². The summed E-state index contributed by atoms with van der Waals surface area (Å²) in [7, 11) is 0. The zero-order valence-electron chi connectivity index (χ0n) is 30.2. The first-order valence-electron chi connectivity index (χ1n) is 18.3. The van der Waals surface area contributed by atoms with Gasteiger partial charge in [-0.25, -0.2) is 54.8 Å². The van der Waals surface area contributed by atoms with Crippen LogP contribution in [0.15, 0.2) is 136 Å². The van der Waals surface area contributed by atoms with Gasteiger partial charge in [-0.2, -0.15) is 4.98 Å². The average molecular weight is 787 g/mol. The van der Waals surface area contributed by atoms with E-state index in [4.69, 9.17) is 56.4 Å². The second kappa shape index (κ2) is 12.2. The molecule has 0 spiro atoms. The molecule has 0 aliphatic heterocycles. The minimum Gasteiger partial charge on any atom is -0.434 e. The Labute approximate surface area is 331 Å². The van der Waals surface area contributed by atoms with E-state index < -0.39 is 0 Å². The fourth-order valence-corrected chi connectivity index (χ4v) is 7.29. The van der Waals surface area contributed by atoms with E-state index in [2.05, 4.69) is 29.9 Å². The third kappa shape index (κ3) is 4.81. The van der Waals surface area contributed by atoms with Crippen LogP contribution in [0.3, 0.4) is 0 Å². The Hall–Kier alpha value is -9.06. The minimum atomic E-state index is 0.0656. The Balaban J connectivity index is 1.32. The first kappa shape index (κ1) is 32.1. The molecule has 12 aromatic heterocycles. The number of hydrogen-bond acceptors (Lipinski definition) is 18. The third-order valence-electron chi connectivity index (χ3n) is 9.78. The van der Waals surface area contributed by atoms with Crippen molar-refractivity contribution < 1.29 is 26.5 Å². The highest BCUT2D eigenvalue weighted by Gasteiger charge is 2.40. The average Bonchev–Trinajstić information content (AvgIpc) is 4.15. The monoisotopic (exact) mass is 786 g/mol. The molecule has 0 atom stereocenters. The van der Waals surface area contributed by atoms with Crippen LogP contribution in [0.5, 0.6) is 0 Å². The molecule has 0 radical (unpaired) electrons. The van der Waals surface area contributed by atoms with Crippen LogP contribution in [-0.2, 0) is 0 Å². The molecule has 1 aromatic carbocycles. The van der Waals surface area contributed by atoms with Crippen molar-refractivity contribution in [2.45, 2.75) is 0 Å². The summed E-state index contributed by atoms with van der Waals surface area (Å²) in [6.45, 7) is 0. The Morgan fingerprint density at radius 3 is 0.817 bits per heavy atom. The van der Waals surface area contributed by atoms with E-state index in [1.807, 2.05) is 0 Å². The van der Waals surface area contributed by atoms with E-state index in [-0.39, 0.29) is 97.3 Å². The lowest BCUT2D eigenvalue weighted by molar-refractivity contribution is 0.588. The maximum Gasteiger partial charge on any atom is 0.247 e. The highest BCUT2D eigenvalue weighted by molar-refractivity contribution is 6.11. The number of nitrogens with zero attached hydrogens (tertiary/aromatic N) is 12. The van der Waals surface area contributed by atoms with Crippen LogP contribution >= 0.6 is 0 Å². The zero-order chi connectivity index (χ0) is 39.3. The van der Waals surface area contributed by atoms with Crippen molar-refractivity contribution in [3.8, 4) is 68.7 Å². The molecule has 13 aromatic rings. The second-order valence-corrected chi connectivity index (χ2v) is 13.3. The fourth-order valence-electron chi connectivity index (χ4n) is 7.29. The smallest absolute Gasteiger partial charge is 0.247 e. The van der Waals surface area contributed by atoms with E-state index in [1.165, 1.54) is 0 Å². The predicted octanol–water partition coefficient (Wildman–Crippen LogP) is 8.91. The maximum atomic E-state index is 6.60. The number of hydrogen-bond donors (Lipinski definition) is 0. The van der Waals surface area contributed by atoms with Crippen molar-refractivity contribution in [2.75, 3.05) is 0 Å². The number of fused-ring (bicyclic) bond motifs is 6. The number of aromatic nitrogens is 12. The van der Waals surface area contributed by atoms with Crippen molar-refractivity contribution in [1.29, 1.82) is 0 Å². The molecule has 0 amide bonds. The number of rotatable bonds is 6. The van der Waals surface area contributed by atoms with Crippen molar-refractivity contribution in [1.82, 2.24) is 59.8 Å². The first-order chi connectivity index (χ1) is 29.7. The van der Waals surface area contributed by atoms with E-state index in [0.29, 0.717) is 38.8 Å². The fraction of sp³-hybridized carbons (Fsp3) is 0. The standard InChI is InChI=1S/C42H18N12O6/c1-7-19-32(44-14-1)56-37(49-19)25-26(38-50-20-8-2-15-45-33(20)57-38)28(40-52-22-10-4-17-47-35(22)59-40)30(42-54-31-24(55-42)12-6-13-43-31)29(41-53-23-11-5-18-48-36(23)60-41)27(25)39-51-21-9-3-16-46-34(21)58-39/h1-18H. The predicted molar refractivity (Wildman–Crippen MR) is 211 cm³/mol. The summed E-state index contributed by atoms with van der Waals surface area (Å²) >= 11 is 0. The van der Waals surface area contributed by atoms with Crippen LogP contribution in [0.4, 0.5) is 0 Å². The number of benzene rings is 1. The zero-order valence-corrected chi connectivity index (χ0v) is 30.2. The summed E-state index contributed by atoms with van der Waals surface area (Å²) in [4.78, 5) is 56.7. The summed E-state index contributed by atoms with van der Waals surface area (Å²) in [5, 5.41) is 0. The van der Waals surface area contributed by atoms with Crippen LogP contribution < -0.4 is 0 Å². The SMILES string of the molecule is c1cnc2oc(-c3c(-c4nc5ncccc5o4)c(-c4nc5cccnc5o4)c(-c4nc5cccnc5o4)c(-c4nc5cccnc5o4)c3-c3nc4cccnc4o3)nc2c1. The van der Waals surface area contributed by atoms with Crippen LogP contribution in [-0.4, -0.2) is 59.8 Å². The van der Waals surface area contributed by atoms with Gasteiger partial charge in [0.2, 0.25) is 63.9 Å². The number of pyridine rings is 6. The van der Waals surface area contributed by atoms with Gasteiger partial charge in [-0.3, -0.25) is 0 Å². The highest BCUT2D eigenvalue weighted by atomic mass is 16.4. The summed E-state index contributed by atoms with van der Waals surface area (Å²) in [5.74, 6) is 0.394. The Morgan fingerprint density at radius 2 is 0.533 bits per heavy atom. The molecule has 0 aliphatic carbocycles. The summed E-state index contributed by atoms with van der Waals surface area (Å²) in [5.41, 5.74) is 5.72. The molecule has 0 unspecified atom stereocenters. The first-order valence-corrected chi connectivity index (χ1v) is 18.3. The van der Waals surface area contributed by atoms with Gasteiger partial charge in [0, 0.05) is 37.2 Å². The maximum absolute atomic E-state index is 6.60. The van der Waals surface area contributed by atoms with Crippen LogP contribution in [0.1, 0.15) is 0 Å². The van der Waals surface area contributed by atoms with Crippen molar-refractivity contribution in [2.24, 2.45) is 0 Å². The normalized spacial score (nSPS) is 12.0. The highest BCUT2D eigenvalue weighted by Crippen LogP contribution is 2.56. The lowest BCUT2D eigenvalue weighted by Gasteiger charge is -2.19. The molecule has 13 rings (SSSR count). The molecular weight excluding hydrogens is 769 g/mol. The number of oxazole rings is 6. The van der Waals surface area contributed by atoms with Gasteiger partial charge in [0.05, 0.1) is 33.4 Å². The minimum absolute atomic E-state index is 0.0656. The molecule has 60 heavy (non-hydrogen) atoms. The van der Waals surface area contributed by atoms with Gasteiger partial charge >= 0.3 is 0 Å². The van der Waals surface area contributed by atoms with Crippen LogP contribution in [0, 0.1) is 0 Å². The molecule has 0 bridgehead atoms. The molecule has 0 fully saturated rings. The quantitative estimate of drug-likeness (QED) is 0.153. The Kier molecular flexibility index (Phi) is 6.53. The van der Waals surface area contributed by atoms with Gasteiger partial charge < -0.3 is 26.5 Å². The summed E-state index contributed by atoms with van der Waals surface area (Å²) in [6, 6.07) is 21.2. The van der Waals surface area contributed by atoms with E-state index in [0.717, 1.165) is 0 Å². The second-order valence-electron chi connectivity index (χ2n) is 13.3. The third-order valence-corrected chi connectivity index (χ3v) is 9.78. The van der Waals surface area contributed by atoms with Crippen LogP contribution in [0.2, 0.25) is 0 Å². The van der Waals surface area contributed by atoms with E-state index in [9.17, 15) is 0 Å². The van der Waals surface area contributed by atoms with Crippen molar-refractivity contribution in [3.63, 3.8) is 0 Å². The molecule has 0 aliphatic rings. The van der Waals surface area contributed by atoms with Crippen molar-refractivity contribution in [3.05, 3.63) is 110 Å².